The van der Waals surface area contributed by atoms with Crippen molar-refractivity contribution < 1.29 is 28.8 Å². The quantitative estimate of drug-likeness (QED) is 0.458. The number of hydrogen-bond donors (Lipinski definition) is 1. The first-order chi connectivity index (χ1) is 16.6. The number of ether oxygens (including phenoxy) is 4. The van der Waals surface area contributed by atoms with Crippen LogP contribution in [-0.4, -0.2) is 41.6 Å². The van der Waals surface area contributed by atoms with Crippen LogP contribution in [0.15, 0.2) is 91.0 Å². The molecule has 0 unspecified atom stereocenters. The molecule has 5 atom stereocenters. The molecule has 6 heteroatoms. The van der Waals surface area contributed by atoms with Crippen molar-refractivity contribution >= 4 is 6.29 Å². The van der Waals surface area contributed by atoms with Gasteiger partial charge < -0.3 is 28.8 Å². The summed E-state index contributed by atoms with van der Waals surface area (Å²) in [7, 11) is 0. The van der Waals surface area contributed by atoms with Crippen molar-refractivity contribution in [3.8, 4) is 0 Å². The van der Waals surface area contributed by atoms with E-state index in [1.807, 2.05) is 91.0 Å². The highest BCUT2D eigenvalue weighted by atomic mass is 16.7. The highest BCUT2D eigenvalue weighted by Crippen LogP contribution is 2.34. The normalized spacial score (nSPS) is 26.8. The molecule has 1 fully saturated rings. The molecule has 0 aromatic heterocycles. The highest BCUT2D eigenvalue weighted by molar-refractivity contribution is 5.58. The van der Waals surface area contributed by atoms with Crippen LogP contribution in [0, 0.1) is 0 Å². The first-order valence-electron chi connectivity index (χ1n) is 11.4. The summed E-state index contributed by atoms with van der Waals surface area (Å²) >= 11 is 0. The molecule has 0 aliphatic carbocycles. The first kappa shape index (κ1) is 24.3. The van der Waals surface area contributed by atoms with E-state index in [1.165, 1.54) is 6.92 Å². The minimum absolute atomic E-state index is 0.243. The van der Waals surface area contributed by atoms with E-state index >= 15 is 0 Å². The van der Waals surface area contributed by atoms with Crippen molar-refractivity contribution in [2.45, 2.75) is 56.9 Å². The van der Waals surface area contributed by atoms with Crippen LogP contribution in [0.4, 0.5) is 0 Å². The van der Waals surface area contributed by atoms with Crippen molar-refractivity contribution in [3.63, 3.8) is 0 Å². The Kier molecular flexibility index (Phi) is 8.21. The number of rotatable bonds is 10. The maximum Gasteiger partial charge on any atom is 0.193 e. The van der Waals surface area contributed by atoms with Crippen LogP contribution in [0.5, 0.6) is 0 Å². The Morgan fingerprint density at radius 1 is 0.735 bits per heavy atom. The molecular weight excluding hydrogens is 432 g/mol. The molecule has 0 saturated carbocycles. The van der Waals surface area contributed by atoms with Gasteiger partial charge in [-0.15, -0.1) is 0 Å². The second-order valence-corrected chi connectivity index (χ2v) is 8.51. The molecule has 178 valence electrons. The third kappa shape index (κ3) is 6.17. The summed E-state index contributed by atoms with van der Waals surface area (Å²) in [5.41, 5.74) is 2.85. The highest BCUT2D eigenvalue weighted by Gasteiger charge is 2.54. The summed E-state index contributed by atoms with van der Waals surface area (Å²) in [6, 6.07) is 29.0. The van der Waals surface area contributed by atoms with Crippen molar-refractivity contribution in [2.75, 3.05) is 0 Å². The minimum atomic E-state index is -1.76. The van der Waals surface area contributed by atoms with Crippen molar-refractivity contribution in [2.24, 2.45) is 0 Å². The van der Waals surface area contributed by atoms with Gasteiger partial charge in [0.25, 0.3) is 0 Å². The SMILES string of the molecule is C[C@]1(O)O[C@H](C=O)[C@@H](OCc2ccccc2)[C@H](OCc2ccccc2)[C@H]1OCc1ccccc1. The number of aldehydes is 1. The smallest absolute Gasteiger partial charge is 0.193 e. The topological polar surface area (TPSA) is 74.2 Å². The van der Waals surface area contributed by atoms with E-state index in [2.05, 4.69) is 0 Å². The molecule has 3 aromatic rings. The lowest BCUT2D eigenvalue weighted by Crippen LogP contribution is -2.65. The van der Waals surface area contributed by atoms with Gasteiger partial charge in [0.15, 0.2) is 12.1 Å². The second kappa shape index (κ2) is 11.5. The molecule has 0 radical (unpaired) electrons. The Morgan fingerprint density at radius 3 is 1.59 bits per heavy atom. The average Bonchev–Trinajstić information content (AvgIpc) is 2.87. The average molecular weight is 463 g/mol. The largest absolute Gasteiger partial charge is 0.368 e. The molecule has 1 saturated heterocycles. The van der Waals surface area contributed by atoms with Gasteiger partial charge in [0.2, 0.25) is 0 Å². The van der Waals surface area contributed by atoms with E-state index in [0.29, 0.717) is 6.29 Å². The number of carbonyl (C=O) groups excluding carboxylic acids is 1. The van der Waals surface area contributed by atoms with Crippen LogP contribution in [0.2, 0.25) is 0 Å². The molecule has 6 nitrogen and oxygen atoms in total. The Labute approximate surface area is 200 Å². The van der Waals surface area contributed by atoms with E-state index in [9.17, 15) is 9.90 Å². The Morgan fingerprint density at radius 2 is 1.15 bits per heavy atom. The maximum atomic E-state index is 12.0. The van der Waals surface area contributed by atoms with Gasteiger partial charge in [-0.05, 0) is 23.6 Å². The van der Waals surface area contributed by atoms with Gasteiger partial charge in [0.1, 0.15) is 24.4 Å². The summed E-state index contributed by atoms with van der Waals surface area (Å²) in [5, 5.41) is 11.1. The Balaban J connectivity index is 1.58. The molecule has 0 amide bonds. The van der Waals surface area contributed by atoms with Crippen LogP contribution in [0.3, 0.4) is 0 Å². The molecule has 1 N–H and O–H groups in total. The summed E-state index contributed by atoms with van der Waals surface area (Å²) in [6.07, 6.45) is -2.80. The predicted molar refractivity (Wildman–Crippen MR) is 127 cm³/mol. The zero-order valence-electron chi connectivity index (χ0n) is 19.2. The lowest BCUT2D eigenvalue weighted by atomic mass is 9.92. The van der Waals surface area contributed by atoms with E-state index < -0.39 is 30.2 Å². The van der Waals surface area contributed by atoms with E-state index in [-0.39, 0.29) is 19.8 Å². The lowest BCUT2D eigenvalue weighted by molar-refractivity contribution is -0.350. The summed E-state index contributed by atoms with van der Waals surface area (Å²) in [5.74, 6) is -1.76. The van der Waals surface area contributed by atoms with E-state index in [1.54, 1.807) is 0 Å². The molecule has 4 rings (SSSR count). The Hall–Kier alpha value is -2.87. The fraction of sp³-hybridized carbons (Fsp3) is 0.321. The van der Waals surface area contributed by atoms with Crippen molar-refractivity contribution in [3.05, 3.63) is 108 Å². The molecular formula is C28H30O6. The fourth-order valence-electron chi connectivity index (χ4n) is 4.09. The molecule has 0 spiro atoms. The number of aliphatic hydroxyl groups is 1. The second-order valence-electron chi connectivity index (χ2n) is 8.51. The monoisotopic (exact) mass is 462 g/mol. The van der Waals surface area contributed by atoms with Gasteiger partial charge in [0.05, 0.1) is 19.8 Å². The van der Waals surface area contributed by atoms with Crippen molar-refractivity contribution in [1.29, 1.82) is 0 Å². The zero-order chi connectivity index (χ0) is 23.8. The van der Waals surface area contributed by atoms with Crippen LogP contribution in [0.25, 0.3) is 0 Å². The molecule has 34 heavy (non-hydrogen) atoms. The van der Waals surface area contributed by atoms with Crippen LogP contribution >= 0.6 is 0 Å². The zero-order valence-corrected chi connectivity index (χ0v) is 19.2. The minimum Gasteiger partial charge on any atom is -0.368 e. The molecule has 0 bridgehead atoms. The molecule has 1 aliphatic heterocycles. The van der Waals surface area contributed by atoms with Gasteiger partial charge in [-0.2, -0.15) is 0 Å². The van der Waals surface area contributed by atoms with Gasteiger partial charge in [-0.1, -0.05) is 91.0 Å². The van der Waals surface area contributed by atoms with Gasteiger partial charge in [-0.25, -0.2) is 0 Å². The van der Waals surface area contributed by atoms with Crippen LogP contribution in [-0.2, 0) is 43.6 Å². The standard InChI is InChI=1S/C28H30O6/c1-28(30)27(33-20-23-15-9-4-10-16-23)26(32-19-22-13-7-3-8-14-22)25(24(17-29)34-28)31-18-21-11-5-2-6-12-21/h2-17,24-27,30H,18-20H2,1H3/t24-,25-,26+,27-,28+/m1/s1. The lowest BCUT2D eigenvalue weighted by Gasteiger charge is -2.47. The molecule has 1 aliphatic rings. The fourth-order valence-corrected chi connectivity index (χ4v) is 4.09. The third-order valence-corrected chi connectivity index (χ3v) is 5.83. The third-order valence-electron chi connectivity index (χ3n) is 5.83. The maximum absolute atomic E-state index is 12.0. The summed E-state index contributed by atoms with van der Waals surface area (Å²) < 4.78 is 24.4. The molecule has 1 heterocycles. The summed E-state index contributed by atoms with van der Waals surface area (Å²) in [6.45, 7) is 2.26. The number of carbonyl (C=O) groups is 1. The number of hydrogen-bond acceptors (Lipinski definition) is 6. The van der Waals surface area contributed by atoms with E-state index in [4.69, 9.17) is 18.9 Å². The van der Waals surface area contributed by atoms with Gasteiger partial charge in [0, 0.05) is 0 Å². The first-order valence-corrected chi connectivity index (χ1v) is 11.4. The van der Waals surface area contributed by atoms with Crippen LogP contribution in [0.1, 0.15) is 23.6 Å². The van der Waals surface area contributed by atoms with Gasteiger partial charge in [-0.3, -0.25) is 0 Å². The molecule has 3 aromatic carbocycles. The van der Waals surface area contributed by atoms with Gasteiger partial charge >= 0.3 is 0 Å². The number of benzene rings is 3. The Bertz CT molecular complexity index is 1010. The van der Waals surface area contributed by atoms with Crippen molar-refractivity contribution in [1.82, 2.24) is 0 Å². The van der Waals surface area contributed by atoms with Crippen LogP contribution < -0.4 is 0 Å². The summed E-state index contributed by atoms with van der Waals surface area (Å²) in [4.78, 5) is 12.0. The van der Waals surface area contributed by atoms with E-state index in [0.717, 1.165) is 16.7 Å². The predicted octanol–water partition coefficient (Wildman–Crippen LogP) is 4.05.